The maximum Gasteiger partial charge on any atom is 0.210 e. The summed E-state index contributed by atoms with van der Waals surface area (Å²) in [5.74, 6) is 0. The molecule has 2 aromatic carbocycles. The molecule has 1 unspecified atom stereocenters. The molecule has 1 atom stereocenters. The minimum Gasteiger partial charge on any atom is -0.381 e. The van der Waals surface area contributed by atoms with E-state index in [0.717, 1.165) is 44.1 Å². The van der Waals surface area contributed by atoms with Crippen molar-refractivity contribution < 1.29 is 9.84 Å². The number of benzene rings is 2. The third kappa shape index (κ3) is 4.87. The smallest absolute Gasteiger partial charge is 0.210 e. The number of ether oxygens (including phenoxy) is 1. The van der Waals surface area contributed by atoms with Crippen molar-refractivity contribution in [3.05, 3.63) is 69.7 Å². The van der Waals surface area contributed by atoms with E-state index < -0.39 is 6.10 Å². The van der Waals surface area contributed by atoms with Gasteiger partial charge in [-0.25, -0.2) is 0 Å². The number of hydrogen-bond donors (Lipinski definition) is 2. The Hall–Kier alpha value is -2.03. The fourth-order valence-corrected chi connectivity index (χ4v) is 4.02. The van der Waals surface area contributed by atoms with Crippen LogP contribution < -0.4 is 5.32 Å². The van der Waals surface area contributed by atoms with E-state index in [-0.39, 0.29) is 0 Å². The maximum atomic E-state index is 10.7. The van der Waals surface area contributed by atoms with Gasteiger partial charge in [0.25, 0.3) is 0 Å². The molecule has 4 rings (SSSR count). The molecule has 0 amide bonds. The molecule has 2 N–H and O–H groups in total. The van der Waals surface area contributed by atoms with Gasteiger partial charge in [0, 0.05) is 30.3 Å². The van der Waals surface area contributed by atoms with Gasteiger partial charge in [-0.15, -0.1) is 10.2 Å². The van der Waals surface area contributed by atoms with Crippen LogP contribution in [0, 0.1) is 0 Å². The molecule has 28 heavy (non-hydrogen) atoms. The molecule has 1 fully saturated rings. The molecule has 1 aliphatic rings. The first-order valence-electron chi connectivity index (χ1n) is 9.10. The summed E-state index contributed by atoms with van der Waals surface area (Å²) >= 11 is 7.32. The Kier molecular flexibility index (Phi) is 6.19. The summed E-state index contributed by atoms with van der Waals surface area (Å²) in [6.07, 6.45) is -0.801. The number of hydrogen-bond acceptors (Lipinski definition) is 7. The highest BCUT2D eigenvalue weighted by molar-refractivity contribution is 7.15. The van der Waals surface area contributed by atoms with Crippen LogP contribution in [0.3, 0.4) is 0 Å². The van der Waals surface area contributed by atoms with E-state index in [1.165, 1.54) is 16.9 Å². The molecule has 0 spiro atoms. The lowest BCUT2D eigenvalue weighted by atomic mass is 10.1. The Morgan fingerprint density at radius 2 is 1.93 bits per heavy atom. The van der Waals surface area contributed by atoms with Crippen LogP contribution in [0.5, 0.6) is 0 Å². The highest BCUT2D eigenvalue weighted by Gasteiger charge is 2.17. The molecule has 1 saturated heterocycles. The minimum absolute atomic E-state index is 0.547. The molecule has 0 saturated carbocycles. The highest BCUT2D eigenvalue weighted by Crippen LogP contribution is 2.29. The zero-order chi connectivity index (χ0) is 19.3. The molecule has 2 heterocycles. The molecule has 146 valence electrons. The third-order valence-corrected chi connectivity index (χ3v) is 5.68. The highest BCUT2D eigenvalue weighted by atomic mass is 35.5. The average Bonchev–Trinajstić information content (AvgIpc) is 3.17. The predicted molar refractivity (Wildman–Crippen MR) is 111 cm³/mol. The molecular weight excluding hydrogens is 396 g/mol. The number of aliphatic hydroxyl groups is 1. The number of aromatic nitrogens is 2. The lowest BCUT2D eigenvalue weighted by molar-refractivity contribution is 0.0342. The quantitative estimate of drug-likeness (QED) is 0.636. The van der Waals surface area contributed by atoms with Gasteiger partial charge in [-0.3, -0.25) is 4.90 Å². The van der Waals surface area contributed by atoms with Crippen LogP contribution in [0.15, 0.2) is 48.5 Å². The second kappa shape index (κ2) is 8.98. The fourth-order valence-electron chi connectivity index (χ4n) is 3.05. The van der Waals surface area contributed by atoms with E-state index in [0.29, 0.717) is 15.2 Å². The maximum absolute atomic E-state index is 10.7. The fraction of sp³-hybridized carbons (Fsp3) is 0.300. The van der Waals surface area contributed by atoms with Gasteiger partial charge in [0.15, 0.2) is 5.01 Å². The first kappa shape index (κ1) is 19.3. The first-order chi connectivity index (χ1) is 13.7. The lowest BCUT2D eigenvalue weighted by Gasteiger charge is -2.26. The van der Waals surface area contributed by atoms with Crippen LogP contribution in [0.25, 0.3) is 0 Å². The Labute approximate surface area is 172 Å². The summed E-state index contributed by atoms with van der Waals surface area (Å²) in [5.41, 5.74) is 2.85. The number of anilines is 2. The van der Waals surface area contributed by atoms with Gasteiger partial charge in [0.05, 0.1) is 13.2 Å². The van der Waals surface area contributed by atoms with E-state index >= 15 is 0 Å². The second-order valence-electron chi connectivity index (χ2n) is 6.61. The molecule has 3 aromatic rings. The van der Waals surface area contributed by atoms with E-state index in [2.05, 4.69) is 32.5 Å². The zero-order valence-electron chi connectivity index (χ0n) is 15.2. The Bertz CT molecular complexity index is 913. The molecule has 0 radical (unpaired) electrons. The summed E-state index contributed by atoms with van der Waals surface area (Å²) < 4.78 is 5.38. The van der Waals surface area contributed by atoms with Gasteiger partial charge in [0.1, 0.15) is 6.10 Å². The topological polar surface area (TPSA) is 70.5 Å². The SMILES string of the molecule is OC(c1ccc(CN2CCOCC2)cc1)c1nnc(Nc2cccc(Cl)c2)s1. The van der Waals surface area contributed by atoms with Crippen LogP contribution in [0.4, 0.5) is 10.8 Å². The van der Waals surface area contributed by atoms with E-state index in [1.54, 1.807) is 0 Å². The van der Waals surface area contributed by atoms with Crippen molar-refractivity contribution in [2.45, 2.75) is 12.6 Å². The van der Waals surface area contributed by atoms with Gasteiger partial charge in [-0.1, -0.05) is 53.3 Å². The van der Waals surface area contributed by atoms with Crippen molar-refractivity contribution in [2.75, 3.05) is 31.6 Å². The number of nitrogens with zero attached hydrogens (tertiary/aromatic N) is 3. The normalized spacial score (nSPS) is 16.1. The van der Waals surface area contributed by atoms with Crippen LogP contribution in [0.1, 0.15) is 22.2 Å². The van der Waals surface area contributed by atoms with Gasteiger partial charge < -0.3 is 15.2 Å². The van der Waals surface area contributed by atoms with Gasteiger partial charge in [-0.05, 0) is 29.3 Å². The van der Waals surface area contributed by atoms with Gasteiger partial charge in [-0.2, -0.15) is 0 Å². The summed E-state index contributed by atoms with van der Waals surface area (Å²) in [6.45, 7) is 4.39. The Balaban J connectivity index is 1.40. The van der Waals surface area contributed by atoms with Gasteiger partial charge in [0.2, 0.25) is 5.13 Å². The molecule has 8 heteroatoms. The summed E-state index contributed by atoms with van der Waals surface area (Å²) in [7, 11) is 0. The number of rotatable bonds is 6. The number of nitrogens with one attached hydrogen (secondary N) is 1. The standard InChI is InChI=1S/C20H21ClN4O2S/c21-16-2-1-3-17(12-16)22-20-24-23-19(28-20)18(26)15-6-4-14(5-7-15)13-25-8-10-27-11-9-25/h1-7,12,18,26H,8-11,13H2,(H,22,24). The largest absolute Gasteiger partial charge is 0.381 e. The molecule has 0 aliphatic carbocycles. The van der Waals surface area contributed by atoms with Crippen molar-refractivity contribution in [1.82, 2.24) is 15.1 Å². The predicted octanol–water partition coefficient (Wildman–Crippen LogP) is 3.85. The summed E-state index contributed by atoms with van der Waals surface area (Å²) in [4.78, 5) is 2.37. The van der Waals surface area contributed by atoms with Gasteiger partial charge >= 0.3 is 0 Å². The van der Waals surface area contributed by atoms with Crippen LogP contribution >= 0.6 is 22.9 Å². The van der Waals surface area contributed by atoms with Crippen molar-refractivity contribution in [2.24, 2.45) is 0 Å². The van der Waals surface area contributed by atoms with Crippen LogP contribution in [-0.4, -0.2) is 46.5 Å². The van der Waals surface area contributed by atoms with Crippen molar-refractivity contribution in [1.29, 1.82) is 0 Å². The summed E-state index contributed by atoms with van der Waals surface area (Å²) in [5, 5.41) is 23.9. The number of halogens is 1. The van der Waals surface area contributed by atoms with Crippen molar-refractivity contribution in [3.8, 4) is 0 Å². The molecule has 6 nitrogen and oxygen atoms in total. The molecular formula is C20H21ClN4O2S. The Morgan fingerprint density at radius 3 is 2.68 bits per heavy atom. The van der Waals surface area contributed by atoms with E-state index in [1.807, 2.05) is 36.4 Å². The molecule has 1 aliphatic heterocycles. The minimum atomic E-state index is -0.801. The van der Waals surface area contributed by atoms with E-state index in [4.69, 9.17) is 16.3 Å². The van der Waals surface area contributed by atoms with Crippen LogP contribution in [-0.2, 0) is 11.3 Å². The second-order valence-corrected chi connectivity index (χ2v) is 8.06. The summed E-state index contributed by atoms with van der Waals surface area (Å²) in [6, 6.07) is 15.4. The molecule has 1 aromatic heterocycles. The average molecular weight is 417 g/mol. The number of aliphatic hydroxyl groups excluding tert-OH is 1. The number of morpholine rings is 1. The van der Waals surface area contributed by atoms with Crippen molar-refractivity contribution >= 4 is 33.8 Å². The first-order valence-corrected chi connectivity index (χ1v) is 10.3. The lowest BCUT2D eigenvalue weighted by Crippen LogP contribution is -2.35. The monoisotopic (exact) mass is 416 g/mol. The zero-order valence-corrected chi connectivity index (χ0v) is 16.8. The van der Waals surface area contributed by atoms with E-state index in [9.17, 15) is 5.11 Å². The van der Waals surface area contributed by atoms with Crippen molar-refractivity contribution in [3.63, 3.8) is 0 Å². The molecule has 0 bridgehead atoms. The third-order valence-electron chi connectivity index (χ3n) is 4.56. The van der Waals surface area contributed by atoms with Crippen LogP contribution in [0.2, 0.25) is 5.02 Å². The Morgan fingerprint density at radius 1 is 1.14 bits per heavy atom.